The van der Waals surface area contributed by atoms with Crippen molar-refractivity contribution in [3.63, 3.8) is 0 Å². The molecule has 1 fully saturated rings. The van der Waals surface area contributed by atoms with Crippen molar-refractivity contribution in [3.8, 4) is 0 Å². The lowest BCUT2D eigenvalue weighted by Crippen LogP contribution is -2.27. The number of benzene rings is 1. The van der Waals surface area contributed by atoms with Crippen LogP contribution in [0, 0.1) is 6.92 Å². The standard InChI is InChI=1S/C17H19BrN2O4S/c1-12-10-13(20-9-3-4-17(20)21)5-7-15(12)25(22,23)19(2)11-14-6-8-16(18)24-14/h5-8,10H,3-4,9,11H2,1-2H3. The Kier molecular flexibility index (Phi) is 5.04. The van der Waals surface area contributed by atoms with Crippen molar-refractivity contribution in [2.75, 3.05) is 18.5 Å². The molecular weight excluding hydrogens is 408 g/mol. The summed E-state index contributed by atoms with van der Waals surface area (Å²) < 4.78 is 32.9. The maximum Gasteiger partial charge on any atom is 0.243 e. The predicted molar refractivity (Wildman–Crippen MR) is 97.8 cm³/mol. The van der Waals surface area contributed by atoms with Gasteiger partial charge in [0.2, 0.25) is 15.9 Å². The molecule has 1 aliphatic heterocycles. The monoisotopic (exact) mass is 426 g/mol. The molecule has 0 spiro atoms. The van der Waals surface area contributed by atoms with Gasteiger partial charge in [-0.25, -0.2) is 8.42 Å². The number of hydrogen-bond acceptors (Lipinski definition) is 4. The van der Waals surface area contributed by atoms with Crippen molar-refractivity contribution >= 4 is 37.5 Å². The lowest BCUT2D eigenvalue weighted by atomic mass is 10.2. The number of halogens is 1. The van der Waals surface area contributed by atoms with Crippen LogP contribution >= 0.6 is 15.9 Å². The van der Waals surface area contributed by atoms with E-state index in [1.807, 2.05) is 0 Å². The Morgan fingerprint density at radius 2 is 2.04 bits per heavy atom. The molecule has 8 heteroatoms. The average Bonchev–Trinajstić information content (AvgIpc) is 3.15. The van der Waals surface area contributed by atoms with E-state index in [4.69, 9.17) is 4.42 Å². The van der Waals surface area contributed by atoms with Crippen LogP contribution < -0.4 is 4.90 Å². The Labute approximate surface area is 155 Å². The minimum atomic E-state index is -3.66. The highest BCUT2D eigenvalue weighted by Gasteiger charge is 2.26. The molecule has 0 N–H and O–H groups in total. The van der Waals surface area contributed by atoms with Gasteiger partial charge in [-0.1, -0.05) is 0 Å². The van der Waals surface area contributed by atoms with Gasteiger partial charge in [0, 0.05) is 25.7 Å². The second kappa shape index (κ2) is 6.93. The van der Waals surface area contributed by atoms with Crippen LogP contribution in [0.15, 0.2) is 44.3 Å². The number of nitrogens with zero attached hydrogens (tertiary/aromatic N) is 2. The van der Waals surface area contributed by atoms with E-state index in [1.165, 1.54) is 11.4 Å². The highest BCUT2D eigenvalue weighted by atomic mass is 79.9. The zero-order valence-corrected chi connectivity index (χ0v) is 16.4. The average molecular weight is 427 g/mol. The number of hydrogen-bond donors (Lipinski definition) is 0. The van der Waals surface area contributed by atoms with Crippen LogP contribution in [-0.2, 0) is 21.4 Å². The summed E-state index contributed by atoms with van der Waals surface area (Å²) >= 11 is 3.21. The van der Waals surface area contributed by atoms with Gasteiger partial charge in [-0.2, -0.15) is 4.31 Å². The molecule has 1 aliphatic rings. The fraction of sp³-hybridized carbons (Fsp3) is 0.353. The minimum Gasteiger partial charge on any atom is -0.453 e. The van der Waals surface area contributed by atoms with Crippen LogP contribution in [0.2, 0.25) is 0 Å². The molecule has 2 heterocycles. The molecular formula is C17H19BrN2O4S. The third-order valence-electron chi connectivity index (χ3n) is 4.24. The third-order valence-corrected chi connectivity index (χ3v) is 6.63. The van der Waals surface area contributed by atoms with E-state index in [2.05, 4.69) is 15.9 Å². The van der Waals surface area contributed by atoms with E-state index in [0.717, 1.165) is 12.1 Å². The van der Waals surface area contributed by atoms with Gasteiger partial charge >= 0.3 is 0 Å². The van der Waals surface area contributed by atoms with Crippen LogP contribution in [0.25, 0.3) is 0 Å². The second-order valence-corrected chi connectivity index (χ2v) is 8.86. The largest absolute Gasteiger partial charge is 0.453 e. The van der Waals surface area contributed by atoms with Gasteiger partial charge in [0.25, 0.3) is 0 Å². The molecule has 0 unspecified atom stereocenters. The molecule has 1 aromatic carbocycles. The molecule has 6 nitrogen and oxygen atoms in total. The molecule has 1 saturated heterocycles. The Balaban J connectivity index is 1.85. The quantitative estimate of drug-likeness (QED) is 0.734. The zero-order valence-electron chi connectivity index (χ0n) is 14.0. The number of amides is 1. The number of anilines is 1. The number of aryl methyl sites for hydroxylation is 1. The molecule has 1 aromatic heterocycles. The van der Waals surface area contributed by atoms with Gasteiger partial charge in [-0.15, -0.1) is 0 Å². The number of carbonyl (C=O) groups excluding carboxylic acids is 1. The summed E-state index contributed by atoms with van der Waals surface area (Å²) in [6, 6.07) is 8.47. The van der Waals surface area contributed by atoms with Crippen LogP contribution in [-0.4, -0.2) is 32.2 Å². The van der Waals surface area contributed by atoms with Crippen molar-refractivity contribution in [3.05, 3.63) is 46.3 Å². The maximum atomic E-state index is 12.9. The molecule has 0 bridgehead atoms. The van der Waals surface area contributed by atoms with E-state index in [9.17, 15) is 13.2 Å². The van der Waals surface area contributed by atoms with Gasteiger partial charge in [0.1, 0.15) is 5.76 Å². The molecule has 1 amide bonds. The molecule has 0 radical (unpaired) electrons. The fourth-order valence-electron chi connectivity index (χ4n) is 2.92. The fourth-order valence-corrected chi connectivity index (χ4v) is 4.60. The summed E-state index contributed by atoms with van der Waals surface area (Å²) in [5.41, 5.74) is 1.36. The molecule has 3 rings (SSSR count). The second-order valence-electron chi connectivity index (χ2n) is 6.07. The molecule has 0 saturated carbocycles. The van der Waals surface area contributed by atoms with Crippen LogP contribution in [0.5, 0.6) is 0 Å². The maximum absolute atomic E-state index is 12.9. The van der Waals surface area contributed by atoms with Crippen LogP contribution in [0.4, 0.5) is 5.69 Å². The lowest BCUT2D eigenvalue weighted by Gasteiger charge is -2.20. The van der Waals surface area contributed by atoms with Crippen molar-refractivity contribution in [2.24, 2.45) is 0 Å². The number of carbonyl (C=O) groups is 1. The number of sulfonamides is 1. The number of rotatable bonds is 5. The Morgan fingerprint density at radius 3 is 2.60 bits per heavy atom. The topological polar surface area (TPSA) is 70.8 Å². The highest BCUT2D eigenvalue weighted by molar-refractivity contribution is 9.10. The van der Waals surface area contributed by atoms with Crippen LogP contribution in [0.3, 0.4) is 0 Å². The normalized spacial score (nSPS) is 15.4. The van der Waals surface area contributed by atoms with Gasteiger partial charge in [0.15, 0.2) is 4.67 Å². The third kappa shape index (κ3) is 3.65. The van der Waals surface area contributed by atoms with E-state index >= 15 is 0 Å². The van der Waals surface area contributed by atoms with Crippen molar-refractivity contribution in [1.82, 2.24) is 4.31 Å². The van der Waals surface area contributed by atoms with E-state index in [0.29, 0.717) is 29.0 Å². The number of furan rings is 1. The first-order valence-corrected chi connectivity index (χ1v) is 10.1. The Hall–Kier alpha value is -1.64. The summed E-state index contributed by atoms with van der Waals surface area (Å²) in [5, 5.41) is 0. The summed E-state index contributed by atoms with van der Waals surface area (Å²) in [6.07, 6.45) is 1.37. The molecule has 2 aromatic rings. The zero-order chi connectivity index (χ0) is 18.2. The Bertz CT molecular complexity index is 907. The van der Waals surface area contributed by atoms with Crippen molar-refractivity contribution < 1.29 is 17.6 Å². The summed E-state index contributed by atoms with van der Waals surface area (Å²) in [4.78, 5) is 13.8. The predicted octanol–water partition coefficient (Wildman–Crippen LogP) is 3.30. The summed E-state index contributed by atoms with van der Waals surface area (Å²) in [6.45, 7) is 2.56. The molecule has 25 heavy (non-hydrogen) atoms. The Morgan fingerprint density at radius 1 is 1.28 bits per heavy atom. The van der Waals surface area contributed by atoms with Crippen molar-refractivity contribution in [1.29, 1.82) is 0 Å². The van der Waals surface area contributed by atoms with Gasteiger partial charge < -0.3 is 9.32 Å². The van der Waals surface area contributed by atoms with Gasteiger partial charge in [-0.3, -0.25) is 4.79 Å². The highest BCUT2D eigenvalue weighted by Crippen LogP contribution is 2.28. The minimum absolute atomic E-state index is 0.0792. The summed E-state index contributed by atoms with van der Waals surface area (Å²) in [7, 11) is -2.14. The van der Waals surface area contributed by atoms with Crippen molar-refractivity contribution in [2.45, 2.75) is 31.2 Å². The van der Waals surface area contributed by atoms with E-state index in [-0.39, 0.29) is 17.3 Å². The first-order valence-electron chi connectivity index (χ1n) is 7.90. The van der Waals surface area contributed by atoms with Gasteiger partial charge in [-0.05, 0) is 65.2 Å². The lowest BCUT2D eigenvalue weighted by molar-refractivity contribution is -0.117. The molecule has 0 aliphatic carbocycles. The summed E-state index contributed by atoms with van der Waals surface area (Å²) in [5.74, 6) is 0.630. The SMILES string of the molecule is Cc1cc(N2CCCC2=O)ccc1S(=O)(=O)N(C)Cc1ccc(Br)o1. The molecule has 134 valence electrons. The first kappa shape index (κ1) is 18.2. The van der Waals surface area contributed by atoms with E-state index in [1.54, 1.807) is 42.2 Å². The van der Waals surface area contributed by atoms with Crippen LogP contribution in [0.1, 0.15) is 24.2 Å². The first-order chi connectivity index (χ1) is 11.8. The molecule has 0 atom stereocenters. The van der Waals surface area contributed by atoms with E-state index < -0.39 is 10.0 Å². The van der Waals surface area contributed by atoms with Gasteiger partial charge in [0.05, 0.1) is 11.4 Å². The smallest absolute Gasteiger partial charge is 0.243 e.